The number of piperidine rings is 1. The summed E-state index contributed by atoms with van der Waals surface area (Å²) in [4.78, 5) is 23.6. The molecule has 6 rings (SSSR count). The monoisotopic (exact) mass is 508 g/mol. The number of amides is 1. The normalized spacial score (nSPS) is 16.2. The zero-order chi connectivity index (χ0) is 25.7. The standard InChI is InChI=1S/C26H23F3N6O2/c27-26(28,29)15-5-10-35-21(14-31-23(35)11-15)18-2-3-20(24-19(18)13-32-25(24)37)33-22-4-1-16(12-30-22)34-8-6-17(36)7-9-34/h1-5,10-12,14,17,36H,6-9,13H2,(H,30,33)(H,32,37). The quantitative estimate of drug-likeness (QED) is 0.379. The third-order valence-electron chi connectivity index (χ3n) is 6.92. The fraction of sp³-hybridized carbons (Fsp3) is 0.269. The average Bonchev–Trinajstić information content (AvgIpc) is 3.49. The Labute approximate surface area is 209 Å². The first-order chi connectivity index (χ1) is 17.8. The molecule has 2 aliphatic rings. The number of hydrogen-bond acceptors (Lipinski definition) is 6. The molecular formula is C26H23F3N6O2. The predicted molar refractivity (Wildman–Crippen MR) is 132 cm³/mol. The second kappa shape index (κ2) is 8.77. The van der Waals surface area contributed by atoms with Gasteiger partial charge in [0.25, 0.3) is 5.91 Å². The van der Waals surface area contributed by atoms with E-state index in [0.717, 1.165) is 49.3 Å². The van der Waals surface area contributed by atoms with E-state index < -0.39 is 11.7 Å². The van der Waals surface area contributed by atoms with Crippen LogP contribution in [-0.4, -0.2) is 44.6 Å². The van der Waals surface area contributed by atoms with Gasteiger partial charge in [0, 0.05) is 31.4 Å². The molecule has 0 unspecified atom stereocenters. The van der Waals surface area contributed by atoms with Crippen LogP contribution in [-0.2, 0) is 12.7 Å². The van der Waals surface area contributed by atoms with E-state index in [0.29, 0.717) is 34.9 Å². The summed E-state index contributed by atoms with van der Waals surface area (Å²) in [5, 5.41) is 15.8. The molecule has 3 N–H and O–H groups in total. The number of hydrogen-bond donors (Lipinski definition) is 3. The van der Waals surface area contributed by atoms with Crippen molar-refractivity contribution < 1.29 is 23.1 Å². The van der Waals surface area contributed by atoms with Gasteiger partial charge in [0.05, 0.1) is 46.7 Å². The molecule has 4 aromatic rings. The number of nitrogens with one attached hydrogen (secondary N) is 2. The van der Waals surface area contributed by atoms with Crippen LogP contribution in [0.15, 0.2) is 55.0 Å². The van der Waals surface area contributed by atoms with E-state index in [1.807, 2.05) is 18.2 Å². The maximum atomic E-state index is 13.1. The highest BCUT2D eigenvalue weighted by atomic mass is 19.4. The number of benzene rings is 1. The van der Waals surface area contributed by atoms with E-state index in [4.69, 9.17) is 0 Å². The SMILES string of the molecule is O=C1NCc2c(-c3cnc4cc(C(F)(F)F)ccn34)ccc(Nc3ccc(N4CCC(O)CC4)cn3)c21. The topological polar surface area (TPSA) is 94.8 Å². The number of rotatable bonds is 4. The van der Waals surface area contributed by atoms with Crippen molar-refractivity contribution in [2.75, 3.05) is 23.3 Å². The Kier molecular flexibility index (Phi) is 5.52. The molecule has 0 spiro atoms. The Hall–Kier alpha value is -4.12. The highest BCUT2D eigenvalue weighted by Gasteiger charge is 2.31. The summed E-state index contributed by atoms with van der Waals surface area (Å²) in [6.45, 7) is 1.83. The highest BCUT2D eigenvalue weighted by Crippen LogP contribution is 2.36. The van der Waals surface area contributed by atoms with E-state index in [1.54, 1.807) is 16.7 Å². The van der Waals surface area contributed by atoms with Crippen LogP contribution in [0.4, 0.5) is 30.4 Å². The number of aliphatic hydroxyl groups excluding tert-OH is 1. The minimum absolute atomic E-state index is 0.172. The van der Waals surface area contributed by atoms with Gasteiger partial charge in [-0.25, -0.2) is 9.97 Å². The minimum Gasteiger partial charge on any atom is -0.393 e. The number of imidazole rings is 1. The second-order valence-electron chi connectivity index (χ2n) is 9.23. The van der Waals surface area contributed by atoms with Crippen LogP contribution in [0, 0.1) is 0 Å². The number of aliphatic hydroxyl groups is 1. The van der Waals surface area contributed by atoms with Crippen molar-refractivity contribution in [1.29, 1.82) is 0 Å². The summed E-state index contributed by atoms with van der Waals surface area (Å²) in [5.41, 5.74) is 3.47. The van der Waals surface area contributed by atoms with Crippen LogP contribution in [0.2, 0.25) is 0 Å². The molecule has 2 aliphatic heterocycles. The molecule has 1 saturated heterocycles. The lowest BCUT2D eigenvalue weighted by atomic mass is 9.99. The molecule has 0 saturated carbocycles. The largest absolute Gasteiger partial charge is 0.416 e. The Morgan fingerprint density at radius 1 is 1.05 bits per heavy atom. The van der Waals surface area contributed by atoms with E-state index in [-0.39, 0.29) is 17.7 Å². The molecule has 11 heteroatoms. The van der Waals surface area contributed by atoms with Crippen LogP contribution in [0.3, 0.4) is 0 Å². The van der Waals surface area contributed by atoms with Crippen molar-refractivity contribution in [2.45, 2.75) is 31.7 Å². The third-order valence-corrected chi connectivity index (χ3v) is 6.92. The summed E-state index contributed by atoms with van der Waals surface area (Å²) in [7, 11) is 0. The second-order valence-corrected chi connectivity index (χ2v) is 9.23. The van der Waals surface area contributed by atoms with E-state index in [9.17, 15) is 23.1 Å². The third kappa shape index (κ3) is 4.25. The average molecular weight is 509 g/mol. The molecule has 1 aromatic carbocycles. The fourth-order valence-electron chi connectivity index (χ4n) is 4.96. The highest BCUT2D eigenvalue weighted by molar-refractivity contribution is 6.06. The number of pyridine rings is 2. The van der Waals surface area contributed by atoms with Crippen LogP contribution in [0.5, 0.6) is 0 Å². The molecule has 0 aliphatic carbocycles. The molecule has 3 aromatic heterocycles. The zero-order valence-corrected chi connectivity index (χ0v) is 19.6. The lowest BCUT2D eigenvalue weighted by Gasteiger charge is -2.31. The first-order valence-corrected chi connectivity index (χ1v) is 11.9. The number of carbonyl (C=O) groups is 1. The summed E-state index contributed by atoms with van der Waals surface area (Å²) in [5.74, 6) is 0.334. The molecule has 190 valence electrons. The van der Waals surface area contributed by atoms with Gasteiger partial charge in [-0.05, 0) is 48.7 Å². The van der Waals surface area contributed by atoms with E-state index in [2.05, 4.69) is 25.5 Å². The van der Waals surface area contributed by atoms with Gasteiger partial charge in [-0.1, -0.05) is 6.07 Å². The maximum absolute atomic E-state index is 13.1. The Balaban J connectivity index is 1.30. The predicted octanol–water partition coefficient (Wildman–Crippen LogP) is 4.36. The number of anilines is 3. The molecule has 1 amide bonds. The summed E-state index contributed by atoms with van der Waals surface area (Å²) in [6, 6.07) is 9.41. The van der Waals surface area contributed by atoms with Gasteiger partial charge in [0.2, 0.25) is 0 Å². The molecule has 5 heterocycles. The van der Waals surface area contributed by atoms with E-state index in [1.165, 1.54) is 12.4 Å². The minimum atomic E-state index is -4.46. The Bertz CT molecular complexity index is 1490. The maximum Gasteiger partial charge on any atom is 0.416 e. The van der Waals surface area contributed by atoms with E-state index >= 15 is 0 Å². The Morgan fingerprint density at radius 2 is 1.86 bits per heavy atom. The van der Waals surface area contributed by atoms with Crippen molar-refractivity contribution >= 4 is 28.7 Å². The molecule has 0 bridgehead atoms. The lowest BCUT2D eigenvalue weighted by Crippen LogP contribution is -2.35. The summed E-state index contributed by atoms with van der Waals surface area (Å²) >= 11 is 0. The molecule has 37 heavy (non-hydrogen) atoms. The molecule has 1 fully saturated rings. The van der Waals surface area contributed by atoms with Crippen molar-refractivity contribution in [3.8, 4) is 11.3 Å². The van der Waals surface area contributed by atoms with Gasteiger partial charge >= 0.3 is 6.18 Å². The van der Waals surface area contributed by atoms with Crippen molar-refractivity contribution in [3.05, 3.63) is 71.7 Å². The Morgan fingerprint density at radius 3 is 2.59 bits per heavy atom. The number of alkyl halides is 3. The zero-order valence-electron chi connectivity index (χ0n) is 19.6. The van der Waals surface area contributed by atoms with Crippen molar-refractivity contribution in [2.24, 2.45) is 0 Å². The van der Waals surface area contributed by atoms with Gasteiger partial charge in [-0.3, -0.25) is 9.20 Å². The van der Waals surface area contributed by atoms with Gasteiger partial charge < -0.3 is 20.6 Å². The van der Waals surface area contributed by atoms with Crippen LogP contribution >= 0.6 is 0 Å². The molecular weight excluding hydrogens is 485 g/mol. The lowest BCUT2D eigenvalue weighted by molar-refractivity contribution is -0.137. The van der Waals surface area contributed by atoms with Crippen molar-refractivity contribution in [3.63, 3.8) is 0 Å². The van der Waals surface area contributed by atoms with Gasteiger partial charge in [-0.15, -0.1) is 0 Å². The number of carbonyl (C=O) groups excluding carboxylic acids is 1. The summed E-state index contributed by atoms with van der Waals surface area (Å²) in [6.07, 6.45) is 1.37. The van der Waals surface area contributed by atoms with Gasteiger partial charge in [0.15, 0.2) is 0 Å². The van der Waals surface area contributed by atoms with Crippen LogP contribution in [0.25, 0.3) is 16.9 Å². The molecule has 0 radical (unpaired) electrons. The number of nitrogens with zero attached hydrogens (tertiary/aromatic N) is 4. The summed E-state index contributed by atoms with van der Waals surface area (Å²) < 4.78 is 40.9. The smallest absolute Gasteiger partial charge is 0.393 e. The molecule has 8 nitrogen and oxygen atoms in total. The van der Waals surface area contributed by atoms with Gasteiger partial charge in [-0.2, -0.15) is 13.2 Å². The molecule has 0 atom stereocenters. The first kappa shape index (κ1) is 23.3. The number of halogens is 3. The number of aromatic nitrogens is 3. The number of fused-ring (bicyclic) bond motifs is 2. The fourth-order valence-corrected chi connectivity index (χ4v) is 4.96. The van der Waals surface area contributed by atoms with Crippen molar-refractivity contribution in [1.82, 2.24) is 19.7 Å². The van der Waals surface area contributed by atoms with Crippen LogP contribution in [0.1, 0.15) is 34.3 Å². The van der Waals surface area contributed by atoms with Crippen LogP contribution < -0.4 is 15.5 Å². The van der Waals surface area contributed by atoms with Gasteiger partial charge in [0.1, 0.15) is 11.5 Å². The first-order valence-electron chi connectivity index (χ1n) is 11.9.